The van der Waals surface area contributed by atoms with Crippen molar-refractivity contribution in [3.05, 3.63) is 0 Å². The molecule has 0 bridgehead atoms. The third kappa shape index (κ3) is 3.33. The third-order valence-corrected chi connectivity index (χ3v) is 5.34. The van der Waals surface area contributed by atoms with Gasteiger partial charge in [0.2, 0.25) is 11.8 Å². The second-order valence-electron chi connectivity index (χ2n) is 5.73. The predicted molar refractivity (Wildman–Crippen MR) is 79.7 cm³/mol. The van der Waals surface area contributed by atoms with E-state index in [0.29, 0.717) is 37.6 Å². The summed E-state index contributed by atoms with van der Waals surface area (Å²) in [7, 11) is 0. The molecule has 7 heteroatoms. The average Bonchev–Trinajstić information content (AvgIpc) is 2.94. The number of amides is 2. The summed E-state index contributed by atoms with van der Waals surface area (Å²) in [6, 6.07) is -0.379. The van der Waals surface area contributed by atoms with Crippen LogP contribution < -0.4 is 0 Å². The highest BCUT2D eigenvalue weighted by Gasteiger charge is 2.39. The first-order valence-electron chi connectivity index (χ1n) is 7.34. The number of carbonyl (C=O) groups excluding carboxylic acids is 2. The SMILES string of the molecule is CCC(=O)N1CSCC1C(=O)N1CCC(C(=O)O)C(C)C1. The van der Waals surface area contributed by atoms with E-state index in [4.69, 9.17) is 5.11 Å². The summed E-state index contributed by atoms with van der Waals surface area (Å²) >= 11 is 1.60. The zero-order valence-electron chi connectivity index (χ0n) is 12.4. The largest absolute Gasteiger partial charge is 0.481 e. The number of nitrogens with zero attached hydrogens (tertiary/aromatic N) is 2. The fourth-order valence-corrected chi connectivity index (χ4v) is 4.19. The van der Waals surface area contributed by atoms with Crippen molar-refractivity contribution in [1.82, 2.24) is 9.80 Å². The van der Waals surface area contributed by atoms with Crippen molar-refractivity contribution in [3.8, 4) is 0 Å². The summed E-state index contributed by atoms with van der Waals surface area (Å²) in [6.45, 7) is 4.60. The van der Waals surface area contributed by atoms with Crippen molar-refractivity contribution in [3.63, 3.8) is 0 Å². The normalized spacial score (nSPS) is 29.5. The number of likely N-dealkylation sites (tertiary alicyclic amines) is 1. The topological polar surface area (TPSA) is 77.9 Å². The van der Waals surface area contributed by atoms with E-state index in [-0.39, 0.29) is 29.7 Å². The van der Waals surface area contributed by atoms with Gasteiger partial charge in [-0.15, -0.1) is 11.8 Å². The number of carboxylic acids is 1. The van der Waals surface area contributed by atoms with Crippen LogP contribution in [0.25, 0.3) is 0 Å². The summed E-state index contributed by atoms with van der Waals surface area (Å²) in [5.41, 5.74) is 0. The van der Waals surface area contributed by atoms with Crippen LogP contribution >= 0.6 is 11.8 Å². The van der Waals surface area contributed by atoms with Crippen LogP contribution in [-0.4, -0.2) is 63.5 Å². The number of hydrogen-bond donors (Lipinski definition) is 1. The van der Waals surface area contributed by atoms with Gasteiger partial charge >= 0.3 is 5.97 Å². The molecular weight excluding hydrogens is 292 g/mol. The van der Waals surface area contributed by atoms with Crippen molar-refractivity contribution < 1.29 is 19.5 Å². The van der Waals surface area contributed by atoms with Crippen LogP contribution in [0.4, 0.5) is 0 Å². The standard InChI is InChI=1S/C14H22N2O4S/c1-3-12(17)16-8-21-7-11(16)13(18)15-5-4-10(14(19)20)9(2)6-15/h9-11H,3-8H2,1-2H3,(H,19,20). The van der Waals surface area contributed by atoms with Gasteiger partial charge in [0.05, 0.1) is 11.8 Å². The molecule has 21 heavy (non-hydrogen) atoms. The van der Waals surface area contributed by atoms with Crippen LogP contribution in [0.2, 0.25) is 0 Å². The lowest BCUT2D eigenvalue weighted by atomic mass is 9.87. The minimum atomic E-state index is -0.784. The van der Waals surface area contributed by atoms with Crippen molar-refractivity contribution in [2.45, 2.75) is 32.7 Å². The Balaban J connectivity index is 2.01. The zero-order chi connectivity index (χ0) is 15.6. The van der Waals surface area contributed by atoms with Gasteiger partial charge in [0.25, 0.3) is 0 Å². The molecule has 2 aliphatic rings. The van der Waals surface area contributed by atoms with Crippen molar-refractivity contribution in [1.29, 1.82) is 0 Å². The molecule has 2 rings (SSSR count). The van der Waals surface area contributed by atoms with E-state index in [0.717, 1.165) is 0 Å². The summed E-state index contributed by atoms with van der Waals surface area (Å²) in [6.07, 6.45) is 0.895. The molecular formula is C14H22N2O4S. The van der Waals surface area contributed by atoms with E-state index in [1.165, 1.54) is 0 Å². The van der Waals surface area contributed by atoms with Gasteiger partial charge < -0.3 is 14.9 Å². The van der Waals surface area contributed by atoms with Gasteiger partial charge in [-0.1, -0.05) is 13.8 Å². The van der Waals surface area contributed by atoms with E-state index >= 15 is 0 Å². The molecule has 118 valence electrons. The summed E-state index contributed by atoms with van der Waals surface area (Å²) < 4.78 is 0. The fourth-order valence-electron chi connectivity index (χ4n) is 3.02. The lowest BCUT2D eigenvalue weighted by Gasteiger charge is -2.37. The minimum Gasteiger partial charge on any atom is -0.481 e. The Labute approximate surface area is 128 Å². The predicted octanol–water partition coefficient (Wildman–Crippen LogP) is 0.867. The van der Waals surface area contributed by atoms with Crippen LogP contribution in [0.1, 0.15) is 26.7 Å². The van der Waals surface area contributed by atoms with Crippen molar-refractivity contribution >= 4 is 29.5 Å². The highest BCUT2D eigenvalue weighted by Crippen LogP contribution is 2.27. The molecule has 0 saturated carbocycles. The fraction of sp³-hybridized carbons (Fsp3) is 0.786. The summed E-state index contributed by atoms with van der Waals surface area (Å²) in [5.74, 6) is -0.0229. The Morgan fingerprint density at radius 1 is 1.33 bits per heavy atom. The Morgan fingerprint density at radius 2 is 2.05 bits per heavy atom. The van der Waals surface area contributed by atoms with Crippen LogP contribution in [-0.2, 0) is 14.4 Å². The first kappa shape index (κ1) is 16.1. The molecule has 0 aliphatic carbocycles. The van der Waals surface area contributed by atoms with Gasteiger partial charge in [-0.25, -0.2) is 0 Å². The quantitative estimate of drug-likeness (QED) is 0.836. The molecule has 0 radical (unpaired) electrons. The Kier molecular flexibility index (Phi) is 5.13. The van der Waals surface area contributed by atoms with Gasteiger partial charge in [0, 0.05) is 25.3 Å². The highest BCUT2D eigenvalue weighted by atomic mass is 32.2. The Hall–Kier alpha value is -1.24. The molecule has 3 unspecified atom stereocenters. The summed E-state index contributed by atoms with van der Waals surface area (Å²) in [5, 5.41) is 9.13. The van der Waals surface area contributed by atoms with Crippen LogP contribution in [0.5, 0.6) is 0 Å². The number of piperidine rings is 1. The lowest BCUT2D eigenvalue weighted by Crippen LogP contribution is -2.53. The second-order valence-corrected chi connectivity index (χ2v) is 6.73. The smallest absolute Gasteiger partial charge is 0.306 e. The number of carboxylic acid groups (broad SMARTS) is 1. The molecule has 0 aromatic heterocycles. The zero-order valence-corrected chi connectivity index (χ0v) is 13.3. The van der Waals surface area contributed by atoms with Gasteiger partial charge in [-0.3, -0.25) is 14.4 Å². The molecule has 2 saturated heterocycles. The van der Waals surface area contributed by atoms with Crippen LogP contribution in [0.3, 0.4) is 0 Å². The third-order valence-electron chi connectivity index (χ3n) is 4.32. The average molecular weight is 314 g/mol. The molecule has 0 spiro atoms. The molecule has 2 fully saturated rings. The number of carbonyl (C=O) groups is 3. The maximum Gasteiger partial charge on any atom is 0.306 e. The molecule has 0 aromatic carbocycles. The van der Waals surface area contributed by atoms with Gasteiger partial charge in [0.1, 0.15) is 6.04 Å². The molecule has 6 nitrogen and oxygen atoms in total. The van der Waals surface area contributed by atoms with E-state index < -0.39 is 5.97 Å². The summed E-state index contributed by atoms with van der Waals surface area (Å²) in [4.78, 5) is 39.0. The number of rotatable bonds is 3. The van der Waals surface area contributed by atoms with Gasteiger partial charge in [-0.05, 0) is 12.3 Å². The monoisotopic (exact) mass is 314 g/mol. The number of aliphatic carboxylic acids is 1. The first-order chi connectivity index (χ1) is 9.95. The van der Waals surface area contributed by atoms with E-state index in [1.807, 2.05) is 6.92 Å². The van der Waals surface area contributed by atoms with Crippen LogP contribution in [0, 0.1) is 11.8 Å². The second kappa shape index (κ2) is 6.68. The molecule has 2 aliphatic heterocycles. The number of thioether (sulfide) groups is 1. The molecule has 2 amide bonds. The molecule has 1 N–H and O–H groups in total. The Morgan fingerprint density at radius 3 is 2.62 bits per heavy atom. The molecule has 2 heterocycles. The van der Waals surface area contributed by atoms with Crippen molar-refractivity contribution in [2.24, 2.45) is 11.8 Å². The minimum absolute atomic E-state index is 0.00632. The maximum absolute atomic E-state index is 12.6. The van der Waals surface area contributed by atoms with E-state index in [2.05, 4.69) is 0 Å². The van der Waals surface area contributed by atoms with E-state index in [9.17, 15) is 14.4 Å². The lowest BCUT2D eigenvalue weighted by molar-refractivity contribution is -0.150. The molecule has 3 atom stereocenters. The Bertz CT molecular complexity index is 443. The van der Waals surface area contributed by atoms with Crippen LogP contribution in [0.15, 0.2) is 0 Å². The molecule has 0 aromatic rings. The van der Waals surface area contributed by atoms with Gasteiger partial charge in [-0.2, -0.15) is 0 Å². The van der Waals surface area contributed by atoms with Gasteiger partial charge in [0.15, 0.2) is 0 Å². The number of hydrogen-bond acceptors (Lipinski definition) is 4. The maximum atomic E-state index is 12.6. The van der Waals surface area contributed by atoms with E-state index in [1.54, 1.807) is 28.5 Å². The highest BCUT2D eigenvalue weighted by molar-refractivity contribution is 7.99. The van der Waals surface area contributed by atoms with Crippen molar-refractivity contribution in [2.75, 3.05) is 24.7 Å². The first-order valence-corrected chi connectivity index (χ1v) is 8.50.